The molecule has 0 aromatic heterocycles. The van der Waals surface area contributed by atoms with Crippen LogP contribution in [0.25, 0.3) is 5.70 Å². The first kappa shape index (κ1) is 23.3. The van der Waals surface area contributed by atoms with Crippen molar-refractivity contribution < 1.29 is 23.8 Å². The molecule has 1 unspecified atom stereocenters. The summed E-state index contributed by atoms with van der Waals surface area (Å²) >= 11 is 0. The van der Waals surface area contributed by atoms with Gasteiger partial charge in [-0.25, -0.2) is 9.59 Å². The van der Waals surface area contributed by atoms with Crippen molar-refractivity contribution in [3.8, 4) is 0 Å². The molecule has 0 saturated heterocycles. The van der Waals surface area contributed by atoms with Crippen molar-refractivity contribution in [1.29, 1.82) is 0 Å². The van der Waals surface area contributed by atoms with Crippen molar-refractivity contribution in [1.82, 2.24) is 5.32 Å². The van der Waals surface area contributed by atoms with E-state index in [4.69, 9.17) is 14.2 Å². The highest BCUT2D eigenvalue weighted by Crippen LogP contribution is 2.41. The Hall–Kier alpha value is -3.38. The lowest BCUT2D eigenvalue weighted by atomic mass is 9.79. The molecule has 1 atom stereocenters. The number of nitrogens with one attached hydrogen (secondary N) is 1. The van der Waals surface area contributed by atoms with Crippen LogP contribution in [0.1, 0.15) is 37.8 Å². The van der Waals surface area contributed by atoms with Crippen LogP contribution in [0, 0.1) is 0 Å². The predicted molar refractivity (Wildman–Crippen MR) is 122 cm³/mol. The minimum absolute atomic E-state index is 0.108. The van der Waals surface area contributed by atoms with Gasteiger partial charge in [0.05, 0.1) is 35.5 Å². The van der Waals surface area contributed by atoms with Crippen molar-refractivity contribution in [2.45, 2.75) is 32.8 Å². The van der Waals surface area contributed by atoms with Crippen LogP contribution in [0.3, 0.4) is 0 Å². The lowest BCUT2D eigenvalue weighted by Crippen LogP contribution is -2.33. The summed E-state index contributed by atoms with van der Waals surface area (Å²) in [6.07, 6.45) is -0.296. The Morgan fingerprint density at radius 3 is 2.12 bits per heavy atom. The highest BCUT2D eigenvalue weighted by Gasteiger charge is 2.39. The van der Waals surface area contributed by atoms with Gasteiger partial charge in [0.2, 0.25) is 0 Å². The topological polar surface area (TPSA) is 73.9 Å². The maximum Gasteiger partial charge on any atom is 0.337 e. The molecule has 0 amide bonds. The fraction of sp³-hybridized carbons (Fsp3) is 0.308. The third-order valence-corrected chi connectivity index (χ3v) is 5.06. The molecule has 6 heteroatoms. The molecule has 2 aromatic rings. The summed E-state index contributed by atoms with van der Waals surface area (Å²) in [7, 11) is 1.55. The average Bonchev–Trinajstić information content (AvgIpc) is 2.79. The number of carbonyl (C=O) groups excluding carboxylic acids is 2. The second-order valence-electron chi connectivity index (χ2n) is 7.74. The summed E-state index contributed by atoms with van der Waals surface area (Å²) in [4.78, 5) is 26.5. The summed E-state index contributed by atoms with van der Waals surface area (Å²) in [6.45, 7) is 5.80. The average molecular weight is 436 g/mol. The normalized spacial score (nSPS) is 16.1. The van der Waals surface area contributed by atoms with Crippen LogP contribution in [0.15, 0.2) is 77.5 Å². The van der Waals surface area contributed by atoms with Crippen LogP contribution in [-0.4, -0.2) is 38.4 Å². The Morgan fingerprint density at radius 2 is 1.53 bits per heavy atom. The number of benzene rings is 2. The molecule has 0 saturated carbocycles. The molecule has 1 aliphatic rings. The van der Waals surface area contributed by atoms with Gasteiger partial charge in [-0.2, -0.15) is 0 Å². The predicted octanol–water partition coefficient (Wildman–Crippen LogP) is 4.20. The molecule has 6 nitrogen and oxygen atoms in total. The SMILES string of the molecule is COCCOC(=O)C1=C(c2ccccc2)NC(C)=C(C(=O)OC(C)C)C1c1ccccc1. The second-order valence-corrected chi connectivity index (χ2v) is 7.74. The number of ether oxygens (including phenoxy) is 3. The second kappa shape index (κ2) is 10.8. The van der Waals surface area contributed by atoms with Crippen LogP contribution in [0.5, 0.6) is 0 Å². The first-order valence-corrected chi connectivity index (χ1v) is 10.6. The number of esters is 2. The first-order chi connectivity index (χ1) is 15.4. The summed E-state index contributed by atoms with van der Waals surface area (Å²) in [5, 5.41) is 3.28. The van der Waals surface area contributed by atoms with Crippen molar-refractivity contribution >= 4 is 17.6 Å². The zero-order valence-corrected chi connectivity index (χ0v) is 18.9. The third-order valence-electron chi connectivity index (χ3n) is 5.06. The quantitative estimate of drug-likeness (QED) is 0.495. The fourth-order valence-corrected chi connectivity index (χ4v) is 3.70. The van der Waals surface area contributed by atoms with E-state index in [1.54, 1.807) is 21.0 Å². The first-order valence-electron chi connectivity index (χ1n) is 10.6. The van der Waals surface area contributed by atoms with Gasteiger partial charge in [-0.3, -0.25) is 0 Å². The zero-order chi connectivity index (χ0) is 23.1. The lowest BCUT2D eigenvalue weighted by Gasteiger charge is -2.32. The van der Waals surface area contributed by atoms with Crippen LogP contribution in [0.4, 0.5) is 0 Å². The number of hydrogen-bond donors (Lipinski definition) is 1. The molecule has 1 aliphatic heterocycles. The molecule has 168 valence electrons. The van der Waals surface area contributed by atoms with E-state index in [-0.39, 0.29) is 19.3 Å². The highest BCUT2D eigenvalue weighted by molar-refractivity contribution is 6.05. The smallest absolute Gasteiger partial charge is 0.337 e. The van der Waals surface area contributed by atoms with E-state index in [0.29, 0.717) is 22.5 Å². The van der Waals surface area contributed by atoms with Gasteiger partial charge in [-0.15, -0.1) is 0 Å². The van der Waals surface area contributed by atoms with E-state index >= 15 is 0 Å². The van der Waals surface area contributed by atoms with E-state index in [1.165, 1.54) is 0 Å². The minimum atomic E-state index is -0.644. The van der Waals surface area contributed by atoms with Crippen molar-refractivity contribution in [2.24, 2.45) is 0 Å². The standard InChI is InChI=1S/C26H29NO5/c1-17(2)32-26(29)21-18(3)27-24(20-13-9-6-10-14-20)23(25(28)31-16-15-30-4)22(21)19-11-7-5-8-12-19/h5-14,17,22,27H,15-16H2,1-4H3. The third kappa shape index (κ3) is 5.26. The van der Waals surface area contributed by atoms with Gasteiger partial charge in [0.25, 0.3) is 0 Å². The van der Waals surface area contributed by atoms with Crippen LogP contribution < -0.4 is 5.32 Å². The Morgan fingerprint density at radius 1 is 0.906 bits per heavy atom. The van der Waals surface area contributed by atoms with E-state index < -0.39 is 17.9 Å². The van der Waals surface area contributed by atoms with Crippen LogP contribution in [-0.2, 0) is 23.8 Å². The number of carbonyl (C=O) groups is 2. The molecule has 1 heterocycles. The van der Waals surface area contributed by atoms with E-state index in [0.717, 1.165) is 11.1 Å². The monoisotopic (exact) mass is 435 g/mol. The molecule has 0 spiro atoms. The van der Waals surface area contributed by atoms with Gasteiger partial charge < -0.3 is 19.5 Å². The van der Waals surface area contributed by atoms with E-state index in [1.807, 2.05) is 67.6 Å². The van der Waals surface area contributed by atoms with Gasteiger partial charge in [-0.05, 0) is 31.9 Å². The Bertz CT molecular complexity index is 1010. The molecular formula is C26H29NO5. The summed E-state index contributed by atoms with van der Waals surface area (Å²) in [6, 6.07) is 19.0. The molecule has 3 rings (SSSR count). The number of methoxy groups -OCH3 is 1. The van der Waals surface area contributed by atoms with Gasteiger partial charge in [0, 0.05) is 12.8 Å². The Balaban J connectivity index is 2.20. The van der Waals surface area contributed by atoms with Crippen molar-refractivity contribution in [2.75, 3.05) is 20.3 Å². The zero-order valence-electron chi connectivity index (χ0n) is 18.9. The van der Waals surface area contributed by atoms with Crippen LogP contribution in [0.2, 0.25) is 0 Å². The van der Waals surface area contributed by atoms with E-state index in [9.17, 15) is 9.59 Å². The summed E-state index contributed by atoms with van der Waals surface area (Å²) in [5.41, 5.74) is 3.62. The molecule has 0 radical (unpaired) electrons. The molecule has 2 aromatic carbocycles. The molecule has 0 aliphatic carbocycles. The van der Waals surface area contributed by atoms with E-state index in [2.05, 4.69) is 5.32 Å². The van der Waals surface area contributed by atoms with Crippen molar-refractivity contribution in [3.05, 3.63) is 88.6 Å². The number of allylic oxidation sites excluding steroid dienone is 1. The molecule has 1 N–H and O–H groups in total. The van der Waals surface area contributed by atoms with Gasteiger partial charge in [0.15, 0.2) is 0 Å². The molecule has 0 fully saturated rings. The Labute approximate surface area is 188 Å². The van der Waals surface area contributed by atoms with Gasteiger partial charge in [-0.1, -0.05) is 60.7 Å². The fourth-order valence-electron chi connectivity index (χ4n) is 3.70. The number of dihydropyridines is 1. The lowest BCUT2D eigenvalue weighted by molar-refractivity contribution is -0.143. The maximum absolute atomic E-state index is 13.4. The minimum Gasteiger partial charge on any atom is -0.460 e. The summed E-state index contributed by atoms with van der Waals surface area (Å²) < 4.78 is 16.1. The largest absolute Gasteiger partial charge is 0.460 e. The number of rotatable bonds is 8. The molecule has 32 heavy (non-hydrogen) atoms. The maximum atomic E-state index is 13.4. The highest BCUT2D eigenvalue weighted by atomic mass is 16.6. The summed E-state index contributed by atoms with van der Waals surface area (Å²) in [5.74, 6) is -1.62. The molecular weight excluding hydrogens is 406 g/mol. The van der Waals surface area contributed by atoms with Gasteiger partial charge >= 0.3 is 11.9 Å². The number of hydrogen-bond acceptors (Lipinski definition) is 6. The van der Waals surface area contributed by atoms with Crippen molar-refractivity contribution in [3.63, 3.8) is 0 Å². The van der Waals surface area contributed by atoms with Crippen LogP contribution >= 0.6 is 0 Å². The molecule has 0 bridgehead atoms. The van der Waals surface area contributed by atoms with Gasteiger partial charge in [0.1, 0.15) is 6.61 Å². The Kier molecular flexibility index (Phi) is 7.84.